The fourth-order valence-electron chi connectivity index (χ4n) is 1.72. The lowest BCUT2D eigenvalue weighted by Crippen LogP contribution is -2.06. The monoisotopic (exact) mass is 484 g/mol. The van der Waals surface area contributed by atoms with E-state index in [9.17, 15) is 9.59 Å². The summed E-state index contributed by atoms with van der Waals surface area (Å²) in [5.74, 6) is -1.73. The Bertz CT molecular complexity index is 829. The third-order valence-corrected chi connectivity index (χ3v) is 3.92. The van der Waals surface area contributed by atoms with Gasteiger partial charge in [-0.05, 0) is 31.9 Å². The molecular formula is C16H16Cl4N4O5. The second-order valence-electron chi connectivity index (χ2n) is 5.09. The van der Waals surface area contributed by atoms with Gasteiger partial charge < -0.3 is 14.6 Å². The fraction of sp³-hybridized carbons (Fsp3) is 0.375. The van der Waals surface area contributed by atoms with Crippen LogP contribution in [0, 0.1) is 0 Å². The van der Waals surface area contributed by atoms with E-state index in [0.717, 1.165) is 19.3 Å². The minimum Gasteiger partial charge on any atom is -0.478 e. The van der Waals surface area contributed by atoms with Gasteiger partial charge in [-0.1, -0.05) is 46.4 Å². The van der Waals surface area contributed by atoms with Gasteiger partial charge in [0.15, 0.2) is 20.6 Å². The van der Waals surface area contributed by atoms with Crippen molar-refractivity contribution in [2.75, 3.05) is 19.8 Å². The number of halogens is 4. The van der Waals surface area contributed by atoms with E-state index >= 15 is 0 Å². The van der Waals surface area contributed by atoms with Crippen molar-refractivity contribution in [1.29, 1.82) is 0 Å². The highest BCUT2D eigenvalue weighted by molar-refractivity contribution is 6.34. The summed E-state index contributed by atoms with van der Waals surface area (Å²) in [7, 11) is 0. The summed E-state index contributed by atoms with van der Waals surface area (Å²) < 4.78 is 9.66. The number of carbonyl (C=O) groups excluding carboxylic acids is 1. The first-order valence-corrected chi connectivity index (χ1v) is 9.63. The van der Waals surface area contributed by atoms with Crippen molar-refractivity contribution >= 4 is 58.3 Å². The molecule has 0 atom stereocenters. The van der Waals surface area contributed by atoms with Gasteiger partial charge in [-0.2, -0.15) is 0 Å². The van der Waals surface area contributed by atoms with Gasteiger partial charge in [0, 0.05) is 13.2 Å². The first kappa shape index (κ1) is 25.3. The molecule has 0 radical (unpaired) electrons. The van der Waals surface area contributed by atoms with Gasteiger partial charge in [-0.3, -0.25) is 0 Å². The van der Waals surface area contributed by atoms with Gasteiger partial charge in [0.2, 0.25) is 0 Å². The molecule has 2 aromatic heterocycles. The zero-order valence-corrected chi connectivity index (χ0v) is 18.1. The quantitative estimate of drug-likeness (QED) is 0.635. The third-order valence-electron chi connectivity index (χ3n) is 2.99. The number of aromatic nitrogens is 4. The van der Waals surface area contributed by atoms with E-state index in [-0.39, 0.29) is 38.3 Å². The molecule has 13 heteroatoms. The summed E-state index contributed by atoms with van der Waals surface area (Å²) in [6, 6.07) is 2.45. The molecule has 158 valence electrons. The van der Waals surface area contributed by atoms with Crippen molar-refractivity contribution in [3.05, 3.63) is 43.9 Å². The standard InChI is InChI=1S/C7H6Cl2N2O2.C5H2Cl2N2O2.C4H8O/c1-2-13-7(12)4-3-5(8)10-11-6(4)9;6-3-1-2(5(10)11)4(7)9-8-3;1-2-4-5-3-1/h3H,2H2,1H3;1H,(H,10,11);1-4H2. The van der Waals surface area contributed by atoms with Crippen LogP contribution in [0.4, 0.5) is 0 Å². The first-order valence-electron chi connectivity index (χ1n) is 8.11. The molecule has 0 bridgehead atoms. The Hall–Kier alpha value is -1.78. The number of carboxylic acids is 1. The lowest BCUT2D eigenvalue weighted by atomic mass is 10.3. The molecular weight excluding hydrogens is 470 g/mol. The van der Waals surface area contributed by atoms with Crippen molar-refractivity contribution in [3.63, 3.8) is 0 Å². The molecule has 1 aliphatic rings. The first-order chi connectivity index (χ1) is 13.8. The average molecular weight is 486 g/mol. The van der Waals surface area contributed by atoms with Gasteiger partial charge in [0.1, 0.15) is 11.1 Å². The second kappa shape index (κ2) is 13.4. The molecule has 0 saturated carbocycles. The van der Waals surface area contributed by atoms with Crippen molar-refractivity contribution in [3.8, 4) is 0 Å². The lowest BCUT2D eigenvalue weighted by molar-refractivity contribution is 0.0525. The number of hydrogen-bond acceptors (Lipinski definition) is 8. The summed E-state index contributed by atoms with van der Waals surface area (Å²) in [4.78, 5) is 21.5. The van der Waals surface area contributed by atoms with E-state index in [0.29, 0.717) is 0 Å². The largest absolute Gasteiger partial charge is 0.478 e. The van der Waals surface area contributed by atoms with Crippen LogP contribution in [0.2, 0.25) is 20.6 Å². The average Bonchev–Trinajstić information content (AvgIpc) is 3.26. The Morgan fingerprint density at radius 1 is 0.966 bits per heavy atom. The van der Waals surface area contributed by atoms with Crippen LogP contribution >= 0.6 is 46.4 Å². The fourth-order valence-corrected chi connectivity index (χ4v) is 2.35. The van der Waals surface area contributed by atoms with Crippen LogP contribution in [0.5, 0.6) is 0 Å². The zero-order chi connectivity index (χ0) is 21.8. The van der Waals surface area contributed by atoms with Crippen LogP contribution in [0.1, 0.15) is 40.5 Å². The Labute approximate surface area is 186 Å². The van der Waals surface area contributed by atoms with Crippen LogP contribution in [-0.2, 0) is 9.47 Å². The van der Waals surface area contributed by atoms with E-state index in [1.165, 1.54) is 18.9 Å². The minimum atomic E-state index is -1.17. The van der Waals surface area contributed by atoms with Gasteiger partial charge in [0.25, 0.3) is 0 Å². The van der Waals surface area contributed by atoms with E-state index in [1.54, 1.807) is 6.92 Å². The highest BCUT2D eigenvalue weighted by Gasteiger charge is 2.13. The molecule has 0 aromatic carbocycles. The maximum atomic E-state index is 11.2. The normalized spacial score (nSPS) is 12.2. The predicted octanol–water partition coefficient (Wildman–Crippen LogP) is 4.24. The summed E-state index contributed by atoms with van der Waals surface area (Å²) in [5.41, 5.74) is -0.0183. The van der Waals surface area contributed by atoms with Gasteiger partial charge in [0.05, 0.1) is 6.61 Å². The van der Waals surface area contributed by atoms with E-state index in [1.807, 2.05) is 0 Å². The number of esters is 1. The predicted molar refractivity (Wildman–Crippen MR) is 107 cm³/mol. The van der Waals surface area contributed by atoms with Crippen LogP contribution in [0.25, 0.3) is 0 Å². The van der Waals surface area contributed by atoms with Gasteiger partial charge in [-0.15, -0.1) is 20.4 Å². The molecule has 9 nitrogen and oxygen atoms in total. The Morgan fingerprint density at radius 3 is 1.83 bits per heavy atom. The van der Waals surface area contributed by atoms with E-state index < -0.39 is 11.9 Å². The molecule has 1 fully saturated rings. The maximum Gasteiger partial charge on any atom is 0.341 e. The number of carboxylic acid groups (broad SMARTS) is 1. The number of hydrogen-bond donors (Lipinski definition) is 1. The topological polar surface area (TPSA) is 124 Å². The molecule has 0 amide bonds. The molecule has 0 spiro atoms. The number of nitrogens with zero attached hydrogens (tertiary/aromatic N) is 4. The molecule has 1 aliphatic heterocycles. The Balaban J connectivity index is 0.000000237. The number of rotatable bonds is 3. The van der Waals surface area contributed by atoms with Crippen molar-refractivity contribution in [2.45, 2.75) is 19.8 Å². The van der Waals surface area contributed by atoms with E-state index in [4.69, 9.17) is 61.0 Å². The van der Waals surface area contributed by atoms with Crippen LogP contribution in [0.3, 0.4) is 0 Å². The Morgan fingerprint density at radius 2 is 1.45 bits per heavy atom. The lowest BCUT2D eigenvalue weighted by Gasteiger charge is -2.01. The summed E-state index contributed by atoms with van der Waals surface area (Å²) in [6.07, 6.45) is 2.56. The number of carbonyl (C=O) groups is 2. The highest BCUT2D eigenvalue weighted by atomic mass is 35.5. The maximum absolute atomic E-state index is 11.2. The van der Waals surface area contributed by atoms with Gasteiger partial charge in [-0.25, -0.2) is 9.59 Å². The SMILES string of the molecule is C1CCOC1.CCOC(=O)c1cc(Cl)nnc1Cl.O=C(O)c1cc(Cl)nnc1Cl. The third kappa shape index (κ3) is 9.51. The van der Waals surface area contributed by atoms with E-state index in [2.05, 4.69) is 20.4 Å². The molecule has 3 rings (SSSR count). The Kier molecular flexibility index (Phi) is 11.7. The molecule has 0 unspecified atom stereocenters. The summed E-state index contributed by atoms with van der Waals surface area (Å²) >= 11 is 21.9. The molecule has 2 aromatic rings. The number of aromatic carboxylic acids is 1. The molecule has 3 heterocycles. The summed E-state index contributed by atoms with van der Waals surface area (Å²) in [6.45, 7) is 3.97. The van der Waals surface area contributed by atoms with Crippen molar-refractivity contribution in [2.24, 2.45) is 0 Å². The van der Waals surface area contributed by atoms with Crippen LogP contribution in [-0.4, -0.2) is 57.3 Å². The molecule has 0 aliphatic carbocycles. The summed E-state index contributed by atoms with van der Waals surface area (Å²) in [5, 5.41) is 22.0. The van der Waals surface area contributed by atoms with Gasteiger partial charge >= 0.3 is 11.9 Å². The zero-order valence-electron chi connectivity index (χ0n) is 15.1. The number of ether oxygens (including phenoxy) is 2. The minimum absolute atomic E-state index is 0.00630. The smallest absolute Gasteiger partial charge is 0.341 e. The van der Waals surface area contributed by atoms with Crippen molar-refractivity contribution < 1.29 is 24.2 Å². The molecule has 29 heavy (non-hydrogen) atoms. The molecule has 1 saturated heterocycles. The second-order valence-corrected chi connectivity index (χ2v) is 6.58. The highest BCUT2D eigenvalue weighted by Crippen LogP contribution is 2.16. The van der Waals surface area contributed by atoms with Crippen molar-refractivity contribution in [1.82, 2.24) is 20.4 Å². The van der Waals surface area contributed by atoms with Crippen LogP contribution in [0.15, 0.2) is 12.1 Å². The van der Waals surface area contributed by atoms with Crippen LogP contribution < -0.4 is 0 Å². The molecule has 1 N–H and O–H groups in total.